The lowest BCUT2D eigenvalue weighted by Crippen LogP contribution is -2.37. The van der Waals surface area contributed by atoms with E-state index in [1.54, 1.807) is 18.2 Å². The van der Waals surface area contributed by atoms with Gasteiger partial charge in [0.05, 0.1) is 17.3 Å². The van der Waals surface area contributed by atoms with E-state index in [1.807, 2.05) is 24.3 Å². The molecule has 0 bridgehead atoms. The zero-order valence-corrected chi connectivity index (χ0v) is 19.0. The molecule has 156 valence electrons. The number of carbonyl (C=O) groups is 1. The molecule has 0 atom stereocenters. The lowest BCUT2D eigenvalue weighted by Gasteiger charge is -2.30. The average Bonchev–Trinajstić information content (AvgIpc) is 3.19. The van der Waals surface area contributed by atoms with Gasteiger partial charge in [-0.1, -0.05) is 56.4 Å². The summed E-state index contributed by atoms with van der Waals surface area (Å²) in [4.78, 5) is 19.3. The maximum atomic E-state index is 12.6. The Bertz CT molecular complexity index is 1050. The van der Waals surface area contributed by atoms with Crippen LogP contribution in [0.5, 0.6) is 0 Å². The lowest BCUT2D eigenvalue weighted by molar-refractivity contribution is -0.121. The SMILES string of the molecule is O=C(Nc1ccc(Cl)cc1Cl)C1CCN(Cc2nc(-c3cccc(Br)c3)no2)CC1. The number of hydrogen-bond acceptors (Lipinski definition) is 5. The van der Waals surface area contributed by atoms with E-state index in [4.69, 9.17) is 27.7 Å². The van der Waals surface area contributed by atoms with E-state index >= 15 is 0 Å². The molecule has 0 radical (unpaired) electrons. The van der Waals surface area contributed by atoms with Gasteiger partial charge in [-0.25, -0.2) is 0 Å². The number of nitrogens with one attached hydrogen (secondary N) is 1. The van der Waals surface area contributed by atoms with Crippen molar-refractivity contribution in [2.24, 2.45) is 5.92 Å². The van der Waals surface area contributed by atoms with Crippen LogP contribution in [0.2, 0.25) is 10.0 Å². The van der Waals surface area contributed by atoms with E-state index in [2.05, 4.69) is 36.3 Å². The summed E-state index contributed by atoms with van der Waals surface area (Å²) >= 11 is 15.5. The summed E-state index contributed by atoms with van der Waals surface area (Å²) in [7, 11) is 0. The van der Waals surface area contributed by atoms with Gasteiger partial charge in [-0.3, -0.25) is 9.69 Å². The third kappa shape index (κ3) is 5.21. The second-order valence-electron chi connectivity index (χ2n) is 7.19. The summed E-state index contributed by atoms with van der Waals surface area (Å²) in [5.74, 6) is 1.06. The fourth-order valence-corrected chi connectivity index (χ4v) is 4.29. The van der Waals surface area contributed by atoms with Crippen LogP contribution < -0.4 is 5.32 Å². The van der Waals surface area contributed by atoms with Crippen LogP contribution in [0, 0.1) is 5.92 Å². The normalized spacial score (nSPS) is 15.3. The van der Waals surface area contributed by atoms with Gasteiger partial charge >= 0.3 is 0 Å². The van der Waals surface area contributed by atoms with Crippen molar-refractivity contribution >= 4 is 50.7 Å². The monoisotopic (exact) mass is 508 g/mol. The second-order valence-corrected chi connectivity index (χ2v) is 8.95. The number of rotatable bonds is 5. The molecule has 9 heteroatoms. The predicted octanol–water partition coefficient (Wildman–Crippen LogP) is 5.66. The number of piperidine rings is 1. The van der Waals surface area contributed by atoms with Gasteiger partial charge in [-0.15, -0.1) is 0 Å². The van der Waals surface area contributed by atoms with Crippen LogP contribution in [0.3, 0.4) is 0 Å². The Kier molecular flexibility index (Phi) is 6.73. The van der Waals surface area contributed by atoms with Crippen molar-refractivity contribution < 1.29 is 9.32 Å². The predicted molar refractivity (Wildman–Crippen MR) is 121 cm³/mol. The molecule has 1 amide bonds. The number of hydrogen-bond donors (Lipinski definition) is 1. The van der Waals surface area contributed by atoms with Crippen LogP contribution in [-0.4, -0.2) is 34.0 Å². The molecule has 0 saturated carbocycles. The third-order valence-corrected chi connectivity index (χ3v) is 6.10. The molecule has 0 aliphatic carbocycles. The zero-order valence-electron chi connectivity index (χ0n) is 15.9. The molecule has 6 nitrogen and oxygen atoms in total. The molecule has 2 heterocycles. The van der Waals surface area contributed by atoms with Gasteiger partial charge in [-0.05, 0) is 56.3 Å². The number of halogens is 3. The number of nitrogens with zero attached hydrogens (tertiary/aromatic N) is 3. The first kappa shape index (κ1) is 21.3. The fraction of sp³-hybridized carbons (Fsp3) is 0.286. The van der Waals surface area contributed by atoms with Crippen molar-refractivity contribution in [1.82, 2.24) is 15.0 Å². The highest BCUT2D eigenvalue weighted by Gasteiger charge is 2.26. The summed E-state index contributed by atoms with van der Waals surface area (Å²) in [6.07, 6.45) is 1.51. The molecule has 1 aliphatic heterocycles. The van der Waals surface area contributed by atoms with Gasteiger partial charge in [0.2, 0.25) is 17.6 Å². The molecule has 1 aromatic heterocycles. The Labute approximate surface area is 192 Å². The first-order valence-corrected chi connectivity index (χ1v) is 11.1. The molecule has 1 fully saturated rings. The van der Waals surface area contributed by atoms with Crippen molar-refractivity contribution in [2.75, 3.05) is 18.4 Å². The first-order chi connectivity index (χ1) is 14.5. The molecular formula is C21H19BrCl2N4O2. The molecular weight excluding hydrogens is 491 g/mol. The van der Waals surface area contributed by atoms with Crippen molar-refractivity contribution in [3.8, 4) is 11.4 Å². The summed E-state index contributed by atoms with van der Waals surface area (Å²) in [5.41, 5.74) is 1.48. The smallest absolute Gasteiger partial charge is 0.241 e. The van der Waals surface area contributed by atoms with E-state index in [0.29, 0.717) is 34.0 Å². The Morgan fingerprint density at radius 3 is 2.73 bits per heavy atom. The fourth-order valence-electron chi connectivity index (χ4n) is 3.43. The molecule has 1 N–H and O–H groups in total. The van der Waals surface area contributed by atoms with E-state index in [-0.39, 0.29) is 11.8 Å². The van der Waals surface area contributed by atoms with Gasteiger partial charge in [0.15, 0.2) is 0 Å². The number of anilines is 1. The molecule has 1 saturated heterocycles. The van der Waals surface area contributed by atoms with Gasteiger partial charge < -0.3 is 9.84 Å². The summed E-state index contributed by atoms with van der Waals surface area (Å²) < 4.78 is 6.38. The first-order valence-electron chi connectivity index (χ1n) is 9.55. The summed E-state index contributed by atoms with van der Waals surface area (Å²) in [6.45, 7) is 2.13. The molecule has 0 unspecified atom stereocenters. The maximum absolute atomic E-state index is 12.6. The highest BCUT2D eigenvalue weighted by molar-refractivity contribution is 9.10. The standard InChI is InChI=1S/C21H19BrCl2N4O2/c22-15-3-1-2-14(10-15)20-26-19(30-27-20)12-28-8-6-13(7-9-28)21(29)25-18-5-4-16(23)11-17(18)24/h1-5,10-11,13H,6-9,12H2,(H,25,29). The lowest BCUT2D eigenvalue weighted by atomic mass is 9.96. The highest BCUT2D eigenvalue weighted by atomic mass is 79.9. The van der Waals surface area contributed by atoms with Crippen molar-refractivity contribution in [3.63, 3.8) is 0 Å². The molecule has 3 aromatic rings. The van der Waals surface area contributed by atoms with Crippen molar-refractivity contribution in [3.05, 3.63) is 62.9 Å². The number of likely N-dealkylation sites (tertiary alicyclic amines) is 1. The van der Waals surface area contributed by atoms with Crippen LogP contribution in [0.1, 0.15) is 18.7 Å². The topological polar surface area (TPSA) is 71.3 Å². The Morgan fingerprint density at radius 2 is 2.00 bits per heavy atom. The van der Waals surface area contributed by atoms with Crippen LogP contribution in [0.15, 0.2) is 51.5 Å². The van der Waals surface area contributed by atoms with Crippen molar-refractivity contribution in [2.45, 2.75) is 19.4 Å². The van der Waals surface area contributed by atoms with Crippen LogP contribution in [0.25, 0.3) is 11.4 Å². The maximum Gasteiger partial charge on any atom is 0.241 e. The van der Waals surface area contributed by atoms with E-state index in [1.165, 1.54) is 0 Å². The van der Waals surface area contributed by atoms with Gasteiger partial charge in [0.25, 0.3) is 0 Å². The quantitative estimate of drug-likeness (QED) is 0.480. The molecule has 2 aromatic carbocycles. The molecule has 1 aliphatic rings. The van der Waals surface area contributed by atoms with E-state index < -0.39 is 0 Å². The Hall–Kier alpha value is -1.93. The average molecular weight is 510 g/mol. The van der Waals surface area contributed by atoms with E-state index in [9.17, 15) is 4.79 Å². The minimum absolute atomic E-state index is 0.0198. The number of benzene rings is 2. The summed E-state index contributed by atoms with van der Waals surface area (Å²) in [6, 6.07) is 12.8. The Morgan fingerprint density at radius 1 is 1.20 bits per heavy atom. The molecule has 4 rings (SSSR count). The number of amides is 1. The van der Waals surface area contributed by atoms with Crippen LogP contribution in [-0.2, 0) is 11.3 Å². The van der Waals surface area contributed by atoms with Crippen molar-refractivity contribution in [1.29, 1.82) is 0 Å². The van der Waals surface area contributed by atoms with Gasteiger partial charge in [0.1, 0.15) is 0 Å². The van der Waals surface area contributed by atoms with Crippen LogP contribution in [0.4, 0.5) is 5.69 Å². The van der Waals surface area contributed by atoms with Crippen LogP contribution >= 0.6 is 39.1 Å². The largest absolute Gasteiger partial charge is 0.338 e. The number of aromatic nitrogens is 2. The second kappa shape index (κ2) is 9.47. The number of carbonyl (C=O) groups excluding carboxylic acids is 1. The highest BCUT2D eigenvalue weighted by Crippen LogP contribution is 2.27. The molecule has 30 heavy (non-hydrogen) atoms. The minimum Gasteiger partial charge on any atom is -0.338 e. The zero-order chi connectivity index (χ0) is 21.1. The van der Waals surface area contributed by atoms with Gasteiger partial charge in [0, 0.05) is 21.0 Å². The minimum atomic E-state index is -0.0621. The molecule has 0 spiro atoms. The third-order valence-electron chi connectivity index (χ3n) is 5.06. The summed E-state index contributed by atoms with van der Waals surface area (Å²) in [5, 5.41) is 7.96. The van der Waals surface area contributed by atoms with E-state index in [0.717, 1.165) is 36.0 Å². The Balaban J connectivity index is 1.30. The van der Waals surface area contributed by atoms with Gasteiger partial charge in [-0.2, -0.15) is 4.98 Å².